The number of benzene rings is 1. The van der Waals surface area contributed by atoms with Crippen molar-refractivity contribution in [2.24, 2.45) is 0 Å². The predicted molar refractivity (Wildman–Crippen MR) is 84.7 cm³/mol. The van der Waals surface area contributed by atoms with Crippen molar-refractivity contribution in [3.8, 4) is 5.75 Å². The normalized spacial score (nSPS) is 17.4. The number of carbonyl (C=O) groups excluding carboxylic acids is 2. The lowest BCUT2D eigenvalue weighted by Gasteiger charge is -2.19. The molecule has 0 unspecified atom stereocenters. The summed E-state index contributed by atoms with van der Waals surface area (Å²) in [7, 11) is 1.57. The molecular formula is C17H18N2O4. The van der Waals surface area contributed by atoms with Gasteiger partial charge in [-0.25, -0.2) is 0 Å². The number of nitrogens with one attached hydrogen (secondary N) is 1. The number of ether oxygens (including phenoxy) is 1. The minimum Gasteiger partial charge on any atom is -0.495 e. The first-order valence-corrected chi connectivity index (χ1v) is 7.38. The van der Waals surface area contributed by atoms with Crippen molar-refractivity contribution in [1.82, 2.24) is 5.32 Å². The lowest BCUT2D eigenvalue weighted by atomic mass is 10.2. The van der Waals surface area contributed by atoms with Gasteiger partial charge in [0.1, 0.15) is 5.75 Å². The van der Waals surface area contributed by atoms with Gasteiger partial charge < -0.3 is 19.4 Å². The van der Waals surface area contributed by atoms with Crippen LogP contribution in [0, 0.1) is 6.92 Å². The Balaban J connectivity index is 1.73. The average molecular weight is 314 g/mol. The molecule has 3 rings (SSSR count). The standard InChI is InChI=1S/C17H18N2O4/c1-11-7-8-23-16(11)17(21)18-12-9-15(20)19(10-12)13-5-3-4-6-14(13)22-2/h3-8,12H,9-10H2,1-2H3,(H,18,21)/t12-/m0/s1. The van der Waals surface area contributed by atoms with Gasteiger partial charge in [0.25, 0.3) is 5.91 Å². The van der Waals surface area contributed by atoms with E-state index in [1.807, 2.05) is 18.2 Å². The van der Waals surface area contributed by atoms with E-state index in [0.717, 1.165) is 5.56 Å². The van der Waals surface area contributed by atoms with E-state index in [-0.39, 0.29) is 30.0 Å². The highest BCUT2D eigenvalue weighted by Crippen LogP contribution is 2.31. The van der Waals surface area contributed by atoms with Gasteiger partial charge in [-0.3, -0.25) is 9.59 Å². The van der Waals surface area contributed by atoms with Crippen LogP contribution in [0.15, 0.2) is 41.0 Å². The molecule has 0 saturated carbocycles. The van der Waals surface area contributed by atoms with Crippen molar-refractivity contribution in [3.63, 3.8) is 0 Å². The highest BCUT2D eigenvalue weighted by atomic mass is 16.5. The van der Waals surface area contributed by atoms with Crippen molar-refractivity contribution < 1.29 is 18.7 Å². The number of para-hydroxylation sites is 2. The second-order valence-corrected chi connectivity index (χ2v) is 5.48. The van der Waals surface area contributed by atoms with Crippen LogP contribution in [-0.2, 0) is 4.79 Å². The van der Waals surface area contributed by atoms with Gasteiger partial charge in [-0.05, 0) is 25.1 Å². The van der Waals surface area contributed by atoms with Crippen LogP contribution in [0.1, 0.15) is 22.5 Å². The number of furan rings is 1. The largest absolute Gasteiger partial charge is 0.495 e. The van der Waals surface area contributed by atoms with Crippen molar-refractivity contribution in [2.75, 3.05) is 18.6 Å². The quantitative estimate of drug-likeness (QED) is 0.938. The molecule has 2 amide bonds. The van der Waals surface area contributed by atoms with Gasteiger partial charge in [0.05, 0.1) is 25.1 Å². The minimum atomic E-state index is -0.299. The SMILES string of the molecule is COc1ccccc1N1C[C@@H](NC(=O)c2occc2C)CC1=O. The van der Waals surface area contributed by atoms with Crippen LogP contribution in [0.5, 0.6) is 5.75 Å². The lowest BCUT2D eigenvalue weighted by molar-refractivity contribution is -0.117. The van der Waals surface area contributed by atoms with E-state index in [1.54, 1.807) is 31.1 Å². The maximum Gasteiger partial charge on any atom is 0.287 e. The molecule has 1 atom stereocenters. The number of nitrogens with zero attached hydrogens (tertiary/aromatic N) is 1. The summed E-state index contributed by atoms with van der Waals surface area (Å²) in [6, 6.07) is 8.81. The first-order valence-electron chi connectivity index (χ1n) is 7.38. The molecular weight excluding hydrogens is 296 g/mol. The Labute approximate surface area is 134 Å². The topological polar surface area (TPSA) is 71.8 Å². The Bertz CT molecular complexity index is 738. The predicted octanol–water partition coefficient (Wildman–Crippen LogP) is 2.13. The minimum absolute atomic E-state index is 0.0454. The summed E-state index contributed by atoms with van der Waals surface area (Å²) in [6.45, 7) is 2.21. The lowest BCUT2D eigenvalue weighted by Crippen LogP contribution is -2.37. The Hall–Kier alpha value is -2.76. The fraction of sp³-hybridized carbons (Fsp3) is 0.294. The molecule has 0 bridgehead atoms. The van der Waals surface area contributed by atoms with Gasteiger partial charge in [-0.2, -0.15) is 0 Å². The third-order valence-corrected chi connectivity index (χ3v) is 3.90. The van der Waals surface area contributed by atoms with E-state index in [1.165, 1.54) is 6.26 Å². The van der Waals surface area contributed by atoms with E-state index in [2.05, 4.69) is 5.32 Å². The van der Waals surface area contributed by atoms with E-state index >= 15 is 0 Å². The molecule has 6 heteroatoms. The Morgan fingerprint density at radius 2 is 2.13 bits per heavy atom. The van der Waals surface area contributed by atoms with Crippen LogP contribution in [0.25, 0.3) is 0 Å². The Kier molecular flexibility index (Phi) is 4.06. The molecule has 23 heavy (non-hydrogen) atoms. The highest BCUT2D eigenvalue weighted by molar-refractivity contribution is 5.99. The van der Waals surface area contributed by atoms with Crippen LogP contribution in [0.4, 0.5) is 5.69 Å². The third kappa shape index (κ3) is 2.92. The summed E-state index contributed by atoms with van der Waals surface area (Å²) in [6.07, 6.45) is 1.73. The molecule has 1 aromatic heterocycles. The van der Waals surface area contributed by atoms with Crippen LogP contribution in [0.2, 0.25) is 0 Å². The molecule has 120 valence electrons. The molecule has 0 radical (unpaired) electrons. The van der Waals surface area contributed by atoms with Crippen LogP contribution >= 0.6 is 0 Å². The maximum atomic E-state index is 12.3. The number of anilines is 1. The van der Waals surface area contributed by atoms with Crippen LogP contribution in [0.3, 0.4) is 0 Å². The van der Waals surface area contributed by atoms with E-state index in [0.29, 0.717) is 18.0 Å². The fourth-order valence-electron chi connectivity index (χ4n) is 2.75. The molecule has 2 heterocycles. The number of aryl methyl sites for hydroxylation is 1. The summed E-state index contributed by atoms with van der Waals surface area (Å²) in [5.74, 6) is 0.575. The molecule has 1 aromatic carbocycles. The number of amides is 2. The second kappa shape index (κ2) is 6.16. The van der Waals surface area contributed by atoms with Crippen molar-refractivity contribution >= 4 is 17.5 Å². The summed E-state index contributed by atoms with van der Waals surface area (Å²) >= 11 is 0. The average Bonchev–Trinajstić information content (AvgIpc) is 3.13. The van der Waals surface area contributed by atoms with Crippen molar-refractivity contribution in [1.29, 1.82) is 0 Å². The van der Waals surface area contributed by atoms with E-state index < -0.39 is 0 Å². The van der Waals surface area contributed by atoms with E-state index in [4.69, 9.17) is 9.15 Å². The first-order chi connectivity index (χ1) is 11.1. The van der Waals surface area contributed by atoms with Crippen LogP contribution in [-0.4, -0.2) is 31.5 Å². The Morgan fingerprint density at radius 1 is 1.35 bits per heavy atom. The number of rotatable bonds is 4. The van der Waals surface area contributed by atoms with Gasteiger partial charge in [-0.1, -0.05) is 12.1 Å². The summed E-state index contributed by atoms with van der Waals surface area (Å²) in [4.78, 5) is 26.1. The number of hydrogen-bond acceptors (Lipinski definition) is 4. The smallest absolute Gasteiger partial charge is 0.287 e. The first kappa shape index (κ1) is 15.1. The second-order valence-electron chi connectivity index (χ2n) is 5.48. The van der Waals surface area contributed by atoms with Gasteiger partial charge >= 0.3 is 0 Å². The molecule has 1 fully saturated rings. The van der Waals surface area contributed by atoms with Crippen molar-refractivity contribution in [2.45, 2.75) is 19.4 Å². The van der Waals surface area contributed by atoms with Gasteiger partial charge in [0, 0.05) is 18.5 Å². The maximum absolute atomic E-state index is 12.3. The van der Waals surface area contributed by atoms with E-state index in [9.17, 15) is 9.59 Å². The number of hydrogen-bond donors (Lipinski definition) is 1. The molecule has 0 aliphatic carbocycles. The van der Waals surface area contributed by atoms with Gasteiger partial charge in [0.15, 0.2) is 5.76 Å². The number of carbonyl (C=O) groups is 2. The summed E-state index contributed by atoms with van der Waals surface area (Å²) in [5, 5.41) is 2.85. The third-order valence-electron chi connectivity index (χ3n) is 3.90. The molecule has 0 spiro atoms. The zero-order valence-electron chi connectivity index (χ0n) is 13.0. The van der Waals surface area contributed by atoms with Gasteiger partial charge in [0.2, 0.25) is 5.91 Å². The molecule has 1 aliphatic heterocycles. The summed E-state index contributed by atoms with van der Waals surface area (Å²) < 4.78 is 10.5. The molecule has 1 saturated heterocycles. The van der Waals surface area contributed by atoms with Crippen molar-refractivity contribution in [3.05, 3.63) is 47.9 Å². The Morgan fingerprint density at radius 3 is 2.83 bits per heavy atom. The van der Waals surface area contributed by atoms with Crippen LogP contribution < -0.4 is 15.0 Å². The molecule has 6 nitrogen and oxygen atoms in total. The molecule has 1 N–H and O–H groups in total. The summed E-state index contributed by atoms with van der Waals surface area (Å²) in [5.41, 5.74) is 1.49. The highest BCUT2D eigenvalue weighted by Gasteiger charge is 2.33. The van der Waals surface area contributed by atoms with Gasteiger partial charge in [-0.15, -0.1) is 0 Å². The zero-order valence-corrected chi connectivity index (χ0v) is 13.0. The zero-order chi connectivity index (χ0) is 16.4. The molecule has 2 aromatic rings. The monoisotopic (exact) mass is 314 g/mol. The molecule has 1 aliphatic rings. The fourth-order valence-corrected chi connectivity index (χ4v) is 2.75. The number of methoxy groups -OCH3 is 1.